The summed E-state index contributed by atoms with van der Waals surface area (Å²) < 4.78 is 139. The van der Waals surface area contributed by atoms with Crippen LogP contribution in [0.2, 0.25) is 0 Å². The Bertz CT molecular complexity index is 1460. The average Bonchev–Trinajstić information content (AvgIpc) is 3.24. The van der Waals surface area contributed by atoms with Crippen molar-refractivity contribution in [1.82, 2.24) is 9.80 Å². The lowest BCUT2D eigenvalue weighted by Gasteiger charge is -2.37. The number of nitrogens with zero attached hydrogens (tertiary/aromatic N) is 2. The highest BCUT2D eigenvalue weighted by molar-refractivity contribution is 5.71. The van der Waals surface area contributed by atoms with Crippen LogP contribution in [0.15, 0.2) is 36.4 Å². The second kappa shape index (κ2) is 13.3. The van der Waals surface area contributed by atoms with Crippen molar-refractivity contribution in [2.24, 2.45) is 5.92 Å². The van der Waals surface area contributed by atoms with Gasteiger partial charge in [-0.3, -0.25) is 4.90 Å². The fourth-order valence-electron chi connectivity index (χ4n) is 5.97. The zero-order valence-corrected chi connectivity index (χ0v) is 26.6. The van der Waals surface area contributed by atoms with Gasteiger partial charge in [0.25, 0.3) is 0 Å². The number of benzene rings is 2. The summed E-state index contributed by atoms with van der Waals surface area (Å²) in [4.78, 5) is 28.0. The topological polar surface area (TPSA) is 68.3 Å². The quantitative estimate of drug-likeness (QED) is 0.282. The van der Waals surface area contributed by atoms with Gasteiger partial charge in [-0.15, -0.1) is 0 Å². The molecule has 2 aromatic carbocycles. The summed E-state index contributed by atoms with van der Waals surface area (Å²) in [6.07, 6.45) is -18.3. The Balaban J connectivity index is 1.64. The highest BCUT2D eigenvalue weighted by atomic mass is 19.4. The predicted molar refractivity (Wildman–Crippen MR) is 152 cm³/mol. The van der Waals surface area contributed by atoms with Gasteiger partial charge >= 0.3 is 30.7 Å². The molecule has 0 aliphatic carbocycles. The zero-order valence-electron chi connectivity index (χ0n) is 26.6. The molecule has 3 atom stereocenters. The third-order valence-electron chi connectivity index (χ3n) is 8.32. The van der Waals surface area contributed by atoms with Gasteiger partial charge in [-0.2, -0.15) is 39.5 Å². The summed E-state index contributed by atoms with van der Waals surface area (Å²) in [6, 6.07) is 2.58. The number of rotatable bonds is 6. The lowest BCUT2D eigenvalue weighted by molar-refractivity contribution is -0.143. The van der Waals surface area contributed by atoms with E-state index in [0.29, 0.717) is 30.5 Å². The molecule has 16 heteroatoms. The van der Waals surface area contributed by atoms with Gasteiger partial charge in [0.2, 0.25) is 0 Å². The van der Waals surface area contributed by atoms with Crippen LogP contribution in [0.5, 0.6) is 0 Å². The Morgan fingerprint density at radius 2 is 1.42 bits per heavy atom. The van der Waals surface area contributed by atoms with Gasteiger partial charge in [-0.25, -0.2) is 9.59 Å². The number of halogens is 9. The molecule has 48 heavy (non-hydrogen) atoms. The fourth-order valence-corrected chi connectivity index (χ4v) is 5.97. The SMILES string of the molecule is COC(c1ccc(C(F)(F)F)cc1CN1C(=O)OC(c2cc(C(F)(F)F)cc(C(F)(F)F)c2)[C@@H]1C)C1CCN(C(=O)OC(C)(C)C)CC1. The van der Waals surface area contributed by atoms with Crippen LogP contribution in [0.25, 0.3) is 0 Å². The highest BCUT2D eigenvalue weighted by Crippen LogP contribution is 2.43. The van der Waals surface area contributed by atoms with E-state index in [1.165, 1.54) is 25.0 Å². The first kappa shape index (κ1) is 37.1. The van der Waals surface area contributed by atoms with E-state index in [4.69, 9.17) is 14.2 Å². The zero-order chi connectivity index (χ0) is 36.0. The summed E-state index contributed by atoms with van der Waals surface area (Å²) in [7, 11) is 1.36. The van der Waals surface area contributed by atoms with Crippen LogP contribution in [0.3, 0.4) is 0 Å². The molecular formula is C32H35F9N2O5. The minimum atomic E-state index is -5.15. The lowest BCUT2D eigenvalue weighted by Crippen LogP contribution is -2.42. The molecule has 2 saturated heterocycles. The van der Waals surface area contributed by atoms with Crippen LogP contribution in [-0.2, 0) is 39.3 Å². The van der Waals surface area contributed by atoms with Gasteiger partial charge in [-0.1, -0.05) is 6.07 Å². The van der Waals surface area contributed by atoms with Gasteiger partial charge in [0.15, 0.2) is 0 Å². The number of likely N-dealkylation sites (tertiary alicyclic amines) is 1. The van der Waals surface area contributed by atoms with Crippen molar-refractivity contribution < 1.29 is 63.3 Å². The molecule has 4 rings (SSSR count). The minimum absolute atomic E-state index is 0.00396. The molecule has 0 aromatic heterocycles. The Morgan fingerprint density at radius 1 is 0.875 bits per heavy atom. The third kappa shape index (κ3) is 8.47. The second-order valence-corrected chi connectivity index (χ2v) is 12.9. The molecule has 0 saturated carbocycles. The Morgan fingerprint density at radius 3 is 1.90 bits per heavy atom. The maximum atomic E-state index is 13.8. The molecule has 266 valence electrons. The fraction of sp³-hybridized carbons (Fsp3) is 0.562. The van der Waals surface area contributed by atoms with E-state index in [2.05, 4.69) is 0 Å². The maximum Gasteiger partial charge on any atom is 0.416 e. The van der Waals surface area contributed by atoms with E-state index < -0.39 is 83.4 Å². The van der Waals surface area contributed by atoms with Crippen LogP contribution in [-0.4, -0.2) is 53.8 Å². The summed E-state index contributed by atoms with van der Waals surface area (Å²) in [6.45, 7) is 6.54. The van der Waals surface area contributed by atoms with E-state index in [1.54, 1.807) is 20.8 Å². The van der Waals surface area contributed by atoms with Crippen LogP contribution in [0, 0.1) is 5.92 Å². The number of alkyl halides is 9. The molecule has 2 heterocycles. The second-order valence-electron chi connectivity index (χ2n) is 12.9. The molecule has 0 N–H and O–H groups in total. The van der Waals surface area contributed by atoms with Crippen LogP contribution >= 0.6 is 0 Å². The molecule has 2 aromatic rings. The van der Waals surface area contributed by atoms with E-state index in [0.717, 1.165) is 17.0 Å². The van der Waals surface area contributed by atoms with Gasteiger partial charge in [0.1, 0.15) is 11.7 Å². The van der Waals surface area contributed by atoms with Crippen molar-refractivity contribution in [3.63, 3.8) is 0 Å². The van der Waals surface area contributed by atoms with Gasteiger partial charge in [-0.05, 0) is 93.5 Å². The first-order valence-electron chi connectivity index (χ1n) is 15.0. The number of carbonyl (C=O) groups excluding carboxylic acids is 2. The maximum absolute atomic E-state index is 13.8. The number of hydrogen-bond donors (Lipinski definition) is 0. The van der Waals surface area contributed by atoms with E-state index in [1.807, 2.05) is 0 Å². The van der Waals surface area contributed by atoms with Crippen LogP contribution in [0.4, 0.5) is 49.1 Å². The van der Waals surface area contributed by atoms with Crippen molar-refractivity contribution >= 4 is 12.2 Å². The van der Waals surface area contributed by atoms with Crippen molar-refractivity contribution in [3.05, 3.63) is 69.8 Å². The van der Waals surface area contributed by atoms with Gasteiger partial charge in [0, 0.05) is 26.7 Å². The minimum Gasteiger partial charge on any atom is -0.444 e. The normalized spacial score (nSPS) is 20.6. The summed E-state index contributed by atoms with van der Waals surface area (Å²) >= 11 is 0. The monoisotopic (exact) mass is 698 g/mol. The van der Waals surface area contributed by atoms with E-state index >= 15 is 0 Å². The van der Waals surface area contributed by atoms with Crippen molar-refractivity contribution in [2.75, 3.05) is 20.2 Å². The standard InChI is InChI=1S/C32H35F9N2O5/c1-17-25(19-12-22(31(36,37)38)15-23(13-19)32(39,40)41)47-28(45)43(17)16-20-14-21(30(33,34)35)6-7-24(20)26(46-5)18-8-10-42(11-9-18)27(44)48-29(2,3)4/h6-7,12-15,17-18,25-26H,8-11,16H2,1-5H3/t17-,25?,26?/m0/s1. The molecule has 0 bridgehead atoms. The third-order valence-corrected chi connectivity index (χ3v) is 8.32. The van der Waals surface area contributed by atoms with Crippen LogP contribution in [0.1, 0.15) is 86.1 Å². The average molecular weight is 699 g/mol. The molecule has 2 aliphatic rings. The Kier molecular flexibility index (Phi) is 10.3. The first-order valence-corrected chi connectivity index (χ1v) is 15.0. The van der Waals surface area contributed by atoms with E-state index in [-0.39, 0.29) is 30.6 Å². The molecule has 2 amide bonds. The van der Waals surface area contributed by atoms with Gasteiger partial charge in [0.05, 0.1) is 28.8 Å². The molecule has 2 fully saturated rings. The number of piperidine rings is 1. The number of amides is 2. The van der Waals surface area contributed by atoms with E-state index in [9.17, 15) is 49.1 Å². The molecule has 0 radical (unpaired) electrons. The predicted octanol–water partition coefficient (Wildman–Crippen LogP) is 9.16. The highest BCUT2D eigenvalue weighted by Gasteiger charge is 2.44. The van der Waals surface area contributed by atoms with Gasteiger partial charge < -0.3 is 19.1 Å². The smallest absolute Gasteiger partial charge is 0.416 e. The molecule has 7 nitrogen and oxygen atoms in total. The first-order chi connectivity index (χ1) is 22.0. The van der Waals surface area contributed by atoms with Crippen LogP contribution < -0.4 is 0 Å². The summed E-state index contributed by atoms with van der Waals surface area (Å²) in [5.74, 6) is -0.272. The number of cyclic esters (lactones) is 1. The molecule has 2 aliphatic heterocycles. The Hall–Kier alpha value is -3.69. The number of carbonyl (C=O) groups is 2. The largest absolute Gasteiger partial charge is 0.444 e. The number of methoxy groups -OCH3 is 1. The lowest BCUT2D eigenvalue weighted by atomic mass is 9.84. The molecule has 0 spiro atoms. The molecular weight excluding hydrogens is 663 g/mol. The summed E-state index contributed by atoms with van der Waals surface area (Å²) in [5, 5.41) is 0. The molecule has 2 unspecified atom stereocenters. The van der Waals surface area contributed by atoms with Crippen molar-refractivity contribution in [1.29, 1.82) is 0 Å². The number of hydrogen-bond acceptors (Lipinski definition) is 5. The Labute approximate surface area is 270 Å². The van der Waals surface area contributed by atoms with Crippen molar-refractivity contribution in [3.8, 4) is 0 Å². The van der Waals surface area contributed by atoms with Crippen molar-refractivity contribution in [2.45, 2.75) is 89.5 Å². The summed E-state index contributed by atoms with van der Waals surface area (Å²) in [5.41, 5.74) is -5.24. The number of ether oxygens (including phenoxy) is 3.